The Hall–Kier alpha value is -3.67. The zero-order chi connectivity index (χ0) is 28.8. The van der Waals surface area contributed by atoms with Crippen LogP contribution in [0.1, 0.15) is 53.3 Å². The van der Waals surface area contributed by atoms with Crippen LogP contribution in [0.15, 0.2) is 40.9 Å². The van der Waals surface area contributed by atoms with Crippen LogP contribution in [0.3, 0.4) is 0 Å². The lowest BCUT2D eigenvalue weighted by Crippen LogP contribution is -2.64. The molecule has 1 saturated heterocycles. The van der Waals surface area contributed by atoms with E-state index in [4.69, 9.17) is 23.4 Å². The van der Waals surface area contributed by atoms with Crippen LogP contribution < -0.4 is 20.1 Å². The third-order valence-corrected chi connectivity index (χ3v) is 8.32. The lowest BCUT2D eigenvalue weighted by Gasteiger charge is -2.49. The van der Waals surface area contributed by atoms with Crippen LogP contribution in [0.25, 0.3) is 11.0 Å². The summed E-state index contributed by atoms with van der Waals surface area (Å²) in [5.74, 6) is 0.789. The zero-order valence-corrected chi connectivity index (χ0v) is 23.8. The van der Waals surface area contributed by atoms with Crippen LogP contribution in [0.4, 0.5) is 0 Å². The molecular weight excluding hydrogens is 528 g/mol. The monoisotopic (exact) mass is 564 g/mol. The fourth-order valence-corrected chi connectivity index (χ4v) is 5.85. The summed E-state index contributed by atoms with van der Waals surface area (Å²) >= 11 is 0. The molecule has 2 aliphatic heterocycles. The Balaban J connectivity index is 1.26. The molecule has 4 heterocycles. The Bertz CT molecular complexity index is 1460. The van der Waals surface area contributed by atoms with E-state index in [1.54, 1.807) is 38.6 Å². The topological polar surface area (TPSA) is 124 Å². The Morgan fingerprint density at radius 3 is 2.68 bits per heavy atom. The van der Waals surface area contributed by atoms with E-state index in [0.29, 0.717) is 54.3 Å². The van der Waals surface area contributed by atoms with E-state index in [1.807, 2.05) is 30.9 Å². The molecule has 6 rings (SSSR count). The summed E-state index contributed by atoms with van der Waals surface area (Å²) < 4.78 is 28.7. The van der Waals surface area contributed by atoms with E-state index in [1.165, 1.54) is 0 Å². The molecule has 11 heteroatoms. The number of methoxy groups -OCH3 is 2. The van der Waals surface area contributed by atoms with Gasteiger partial charge in [0.05, 0.1) is 48.6 Å². The number of nitrogens with one attached hydrogen (secondary N) is 2. The van der Waals surface area contributed by atoms with Gasteiger partial charge in [0.1, 0.15) is 17.9 Å². The number of carbonyl (C=O) groups is 2. The van der Waals surface area contributed by atoms with Crippen molar-refractivity contribution >= 4 is 22.8 Å². The van der Waals surface area contributed by atoms with Crippen LogP contribution in [-0.4, -0.2) is 85.5 Å². The number of pyridine rings is 1. The van der Waals surface area contributed by atoms with Gasteiger partial charge < -0.3 is 38.9 Å². The van der Waals surface area contributed by atoms with E-state index >= 15 is 0 Å². The van der Waals surface area contributed by atoms with Crippen LogP contribution in [-0.2, 0) is 16.0 Å². The van der Waals surface area contributed by atoms with Crippen molar-refractivity contribution in [3.63, 3.8) is 0 Å². The van der Waals surface area contributed by atoms with Crippen molar-refractivity contribution < 1.29 is 33.0 Å². The minimum Gasteiger partial charge on any atom is -0.495 e. The highest BCUT2D eigenvalue weighted by Gasteiger charge is 2.49. The van der Waals surface area contributed by atoms with Gasteiger partial charge in [-0.15, -0.1) is 0 Å². The van der Waals surface area contributed by atoms with Gasteiger partial charge in [0.25, 0.3) is 11.8 Å². The quantitative estimate of drug-likeness (QED) is 0.404. The normalized spacial score (nSPS) is 25.0. The molecule has 1 unspecified atom stereocenters. The van der Waals surface area contributed by atoms with Gasteiger partial charge in [-0.2, -0.15) is 0 Å². The number of carbonyl (C=O) groups excluding carboxylic acids is 2. The van der Waals surface area contributed by atoms with Gasteiger partial charge in [-0.05, 0) is 57.0 Å². The second-order valence-electron chi connectivity index (χ2n) is 11.7. The average molecular weight is 565 g/mol. The predicted molar refractivity (Wildman–Crippen MR) is 149 cm³/mol. The van der Waals surface area contributed by atoms with Crippen LogP contribution in [0, 0.1) is 0 Å². The average Bonchev–Trinajstić information content (AvgIpc) is 3.26. The molecule has 0 bridgehead atoms. The molecule has 2 N–H and O–H groups in total. The molecule has 218 valence electrons. The second kappa shape index (κ2) is 10.6. The van der Waals surface area contributed by atoms with Crippen molar-refractivity contribution in [3.8, 4) is 11.5 Å². The number of rotatable bonds is 9. The number of benzene rings is 1. The van der Waals surface area contributed by atoms with Crippen molar-refractivity contribution in [2.45, 2.75) is 56.5 Å². The number of aromatic nitrogens is 1. The van der Waals surface area contributed by atoms with Crippen molar-refractivity contribution in [1.82, 2.24) is 20.5 Å². The molecular formula is C30H36N4O7. The summed E-state index contributed by atoms with van der Waals surface area (Å²) in [4.78, 5) is 33.4. The fraction of sp³-hybridized carbons (Fsp3) is 0.500. The SMILES string of the molecule is COc1cccnc1CNCC1(C)COc2c(oc3cc(C(=O)NC4(C)COC4)ccc23)C(=O)N1C1CC(OC)C1. The maximum atomic E-state index is 14.2. The molecule has 41 heavy (non-hydrogen) atoms. The molecule has 3 aromatic rings. The standard InChI is InChI=1S/C30H36N4O7/c1-29(15-39-16-29)33-27(35)18-7-8-21-24(10-18)41-26-25(21)40-17-30(2,34(28(26)36)19-11-20(12-19)37-3)14-31-13-22-23(38-4)6-5-9-32-22/h5-10,19-20,31H,11-17H2,1-4H3,(H,33,35). The number of amides is 2. The lowest BCUT2D eigenvalue weighted by atomic mass is 9.84. The maximum absolute atomic E-state index is 14.2. The van der Waals surface area contributed by atoms with Crippen LogP contribution in [0.5, 0.6) is 11.5 Å². The van der Waals surface area contributed by atoms with E-state index in [-0.39, 0.29) is 41.9 Å². The maximum Gasteiger partial charge on any atom is 0.294 e. The summed E-state index contributed by atoms with van der Waals surface area (Å²) in [5.41, 5.74) is 0.592. The number of ether oxygens (including phenoxy) is 4. The van der Waals surface area contributed by atoms with Gasteiger partial charge in [-0.1, -0.05) is 0 Å². The Labute approximate surface area is 238 Å². The summed E-state index contributed by atoms with van der Waals surface area (Å²) in [7, 11) is 3.31. The number of furan rings is 1. The zero-order valence-electron chi connectivity index (χ0n) is 23.8. The summed E-state index contributed by atoms with van der Waals surface area (Å²) in [6.45, 7) is 6.09. The molecule has 1 aliphatic carbocycles. The third-order valence-electron chi connectivity index (χ3n) is 8.32. The lowest BCUT2D eigenvalue weighted by molar-refractivity contribution is -0.0593. The summed E-state index contributed by atoms with van der Waals surface area (Å²) in [6, 6.07) is 8.84. The first-order valence-electron chi connectivity index (χ1n) is 13.9. The van der Waals surface area contributed by atoms with Crippen molar-refractivity contribution in [1.29, 1.82) is 0 Å². The molecule has 3 aliphatic rings. The van der Waals surface area contributed by atoms with E-state index in [2.05, 4.69) is 15.6 Å². The van der Waals surface area contributed by atoms with Crippen LogP contribution >= 0.6 is 0 Å². The first kappa shape index (κ1) is 27.5. The first-order chi connectivity index (χ1) is 19.7. The summed E-state index contributed by atoms with van der Waals surface area (Å²) in [5, 5.41) is 7.13. The third kappa shape index (κ3) is 5.02. The Morgan fingerprint density at radius 2 is 1.98 bits per heavy atom. The number of nitrogens with zero attached hydrogens (tertiary/aromatic N) is 2. The van der Waals surface area contributed by atoms with Crippen molar-refractivity contribution in [3.05, 3.63) is 53.5 Å². The Kier molecular flexibility index (Phi) is 7.13. The van der Waals surface area contributed by atoms with Gasteiger partial charge >= 0.3 is 0 Å². The Morgan fingerprint density at radius 1 is 1.17 bits per heavy atom. The molecule has 1 atom stereocenters. The van der Waals surface area contributed by atoms with Gasteiger partial charge in [0.15, 0.2) is 5.75 Å². The molecule has 1 saturated carbocycles. The van der Waals surface area contributed by atoms with Crippen molar-refractivity contribution in [2.75, 3.05) is 40.6 Å². The number of hydrogen-bond donors (Lipinski definition) is 2. The van der Waals surface area contributed by atoms with Gasteiger partial charge in [-0.3, -0.25) is 14.6 Å². The first-order valence-corrected chi connectivity index (χ1v) is 13.9. The molecule has 0 radical (unpaired) electrons. The highest BCUT2D eigenvalue weighted by atomic mass is 16.5. The molecule has 0 spiro atoms. The smallest absolute Gasteiger partial charge is 0.294 e. The van der Waals surface area contributed by atoms with Crippen LogP contribution in [0.2, 0.25) is 0 Å². The molecule has 11 nitrogen and oxygen atoms in total. The highest BCUT2D eigenvalue weighted by Crippen LogP contribution is 2.42. The second-order valence-corrected chi connectivity index (χ2v) is 11.7. The van der Waals surface area contributed by atoms with Gasteiger partial charge in [0.2, 0.25) is 5.76 Å². The molecule has 1 aromatic carbocycles. The van der Waals surface area contributed by atoms with Crippen molar-refractivity contribution in [2.24, 2.45) is 0 Å². The van der Waals surface area contributed by atoms with E-state index in [9.17, 15) is 9.59 Å². The minimum atomic E-state index is -0.684. The predicted octanol–water partition coefficient (Wildman–Crippen LogP) is 2.92. The highest BCUT2D eigenvalue weighted by molar-refractivity contribution is 6.04. The minimum absolute atomic E-state index is 0.0295. The van der Waals surface area contributed by atoms with E-state index in [0.717, 1.165) is 18.5 Å². The molecule has 2 aromatic heterocycles. The van der Waals surface area contributed by atoms with E-state index < -0.39 is 5.54 Å². The fourth-order valence-electron chi connectivity index (χ4n) is 5.85. The number of hydrogen-bond acceptors (Lipinski definition) is 9. The molecule has 2 amide bonds. The van der Waals surface area contributed by atoms with Gasteiger partial charge in [-0.25, -0.2) is 0 Å². The molecule has 2 fully saturated rings. The number of fused-ring (bicyclic) bond motifs is 3. The summed E-state index contributed by atoms with van der Waals surface area (Å²) in [6.07, 6.45) is 3.29. The largest absolute Gasteiger partial charge is 0.495 e. The van der Waals surface area contributed by atoms with Gasteiger partial charge in [0, 0.05) is 38.0 Å².